The maximum atomic E-state index is 12.4. The lowest BCUT2D eigenvalue weighted by Gasteiger charge is -2.10. The third-order valence-electron chi connectivity index (χ3n) is 4.39. The standard InChI is InChI=1S/C20H20N2O3/c1-3-13-8-10-14(11-9-13)21-18(23)12-16-15-6-4-5-7-17(15)22(2)19(16)20(24)25/h4-11H,3,12H2,1-2H3,(H,21,23)(H,24,25)/p-1. The minimum absolute atomic E-state index is 0.0276. The van der Waals surface area contributed by atoms with Crippen LogP contribution >= 0.6 is 0 Å². The maximum Gasteiger partial charge on any atom is 0.228 e. The number of carbonyl (C=O) groups is 2. The van der Waals surface area contributed by atoms with Crippen LogP contribution in [0.1, 0.15) is 28.5 Å². The highest BCUT2D eigenvalue weighted by atomic mass is 16.4. The summed E-state index contributed by atoms with van der Waals surface area (Å²) in [5.41, 5.74) is 3.15. The van der Waals surface area contributed by atoms with Crippen molar-refractivity contribution in [3.05, 3.63) is 65.4 Å². The van der Waals surface area contributed by atoms with E-state index in [1.165, 1.54) is 5.56 Å². The maximum absolute atomic E-state index is 12.4. The molecule has 0 saturated carbocycles. The normalized spacial score (nSPS) is 10.8. The Bertz CT molecular complexity index is 939. The van der Waals surface area contributed by atoms with E-state index in [2.05, 4.69) is 12.2 Å². The smallest absolute Gasteiger partial charge is 0.228 e. The number of hydrogen-bond acceptors (Lipinski definition) is 3. The number of anilines is 1. The monoisotopic (exact) mass is 335 g/mol. The molecule has 0 aliphatic carbocycles. The number of aromatic nitrogens is 1. The van der Waals surface area contributed by atoms with Crippen LogP contribution in [0.3, 0.4) is 0 Å². The third-order valence-corrected chi connectivity index (χ3v) is 4.39. The average Bonchev–Trinajstić information content (AvgIpc) is 2.88. The van der Waals surface area contributed by atoms with Crippen LogP contribution in [0.2, 0.25) is 0 Å². The molecule has 0 unspecified atom stereocenters. The average molecular weight is 335 g/mol. The minimum Gasteiger partial charge on any atom is -0.543 e. The number of carbonyl (C=O) groups excluding carboxylic acids is 2. The summed E-state index contributed by atoms with van der Waals surface area (Å²) in [5, 5.41) is 15.1. The Balaban J connectivity index is 1.90. The molecule has 0 fully saturated rings. The molecule has 0 atom stereocenters. The van der Waals surface area contributed by atoms with Gasteiger partial charge in [-0.25, -0.2) is 0 Å². The number of aryl methyl sites for hydroxylation is 2. The van der Waals surface area contributed by atoms with Crippen molar-refractivity contribution >= 4 is 28.5 Å². The summed E-state index contributed by atoms with van der Waals surface area (Å²) in [4.78, 5) is 24.0. The van der Waals surface area contributed by atoms with Gasteiger partial charge in [0.25, 0.3) is 0 Å². The van der Waals surface area contributed by atoms with Crippen LogP contribution in [0, 0.1) is 0 Å². The van der Waals surface area contributed by atoms with Crippen LogP contribution in [-0.2, 0) is 24.7 Å². The first-order valence-electron chi connectivity index (χ1n) is 8.17. The molecule has 5 nitrogen and oxygen atoms in total. The van der Waals surface area contributed by atoms with Gasteiger partial charge in [0, 0.05) is 23.6 Å². The van der Waals surface area contributed by atoms with E-state index in [0.717, 1.165) is 17.3 Å². The van der Waals surface area contributed by atoms with Gasteiger partial charge in [-0.15, -0.1) is 0 Å². The summed E-state index contributed by atoms with van der Waals surface area (Å²) in [6.07, 6.45) is 0.902. The molecular formula is C20H19N2O3-. The molecule has 1 heterocycles. The Morgan fingerprint density at radius 1 is 1.08 bits per heavy atom. The van der Waals surface area contributed by atoms with E-state index in [9.17, 15) is 14.7 Å². The van der Waals surface area contributed by atoms with Gasteiger partial charge in [0.1, 0.15) is 0 Å². The number of nitrogens with one attached hydrogen (secondary N) is 1. The number of carboxylic acid groups (broad SMARTS) is 1. The second kappa shape index (κ2) is 6.81. The number of benzene rings is 2. The zero-order chi connectivity index (χ0) is 18.0. The number of nitrogens with zero attached hydrogens (tertiary/aromatic N) is 1. The summed E-state index contributed by atoms with van der Waals surface area (Å²) >= 11 is 0. The van der Waals surface area contributed by atoms with Gasteiger partial charge >= 0.3 is 0 Å². The van der Waals surface area contributed by atoms with E-state index < -0.39 is 5.97 Å². The topological polar surface area (TPSA) is 74.2 Å². The van der Waals surface area contributed by atoms with Gasteiger partial charge in [-0.3, -0.25) is 4.79 Å². The molecule has 25 heavy (non-hydrogen) atoms. The SMILES string of the molecule is CCc1ccc(NC(=O)Cc2c(C(=O)[O-])n(C)c3ccccc23)cc1. The van der Waals surface area contributed by atoms with Gasteiger partial charge in [0.05, 0.1) is 18.1 Å². The van der Waals surface area contributed by atoms with E-state index in [4.69, 9.17) is 0 Å². The van der Waals surface area contributed by atoms with Crippen molar-refractivity contribution in [2.75, 3.05) is 5.32 Å². The summed E-state index contributed by atoms with van der Waals surface area (Å²) in [6.45, 7) is 2.07. The first kappa shape index (κ1) is 16.8. The van der Waals surface area contributed by atoms with E-state index in [1.54, 1.807) is 11.6 Å². The Morgan fingerprint density at radius 2 is 1.76 bits per heavy atom. The Kier molecular flexibility index (Phi) is 4.57. The molecule has 128 valence electrons. The molecular weight excluding hydrogens is 316 g/mol. The van der Waals surface area contributed by atoms with Crippen LogP contribution in [0.5, 0.6) is 0 Å². The highest BCUT2D eigenvalue weighted by Crippen LogP contribution is 2.26. The zero-order valence-electron chi connectivity index (χ0n) is 14.2. The lowest BCUT2D eigenvalue weighted by atomic mass is 10.1. The zero-order valence-corrected chi connectivity index (χ0v) is 14.2. The lowest BCUT2D eigenvalue weighted by Crippen LogP contribution is -2.27. The molecule has 0 aliphatic heterocycles. The van der Waals surface area contributed by atoms with Gasteiger partial charge in [-0.1, -0.05) is 37.3 Å². The van der Waals surface area contributed by atoms with Crippen LogP contribution in [-0.4, -0.2) is 16.4 Å². The first-order valence-corrected chi connectivity index (χ1v) is 8.17. The second-order valence-electron chi connectivity index (χ2n) is 5.97. The number of carboxylic acids is 1. The molecule has 2 aromatic carbocycles. The van der Waals surface area contributed by atoms with Crippen molar-refractivity contribution in [1.82, 2.24) is 4.57 Å². The molecule has 5 heteroatoms. The number of aromatic carboxylic acids is 1. The lowest BCUT2D eigenvalue weighted by molar-refractivity contribution is -0.255. The molecule has 1 amide bonds. The minimum atomic E-state index is -1.28. The molecule has 0 radical (unpaired) electrons. The van der Waals surface area contributed by atoms with E-state index in [-0.39, 0.29) is 18.0 Å². The predicted molar refractivity (Wildman–Crippen MR) is 95.4 cm³/mol. The highest BCUT2D eigenvalue weighted by Gasteiger charge is 2.18. The molecule has 3 rings (SSSR count). The van der Waals surface area contributed by atoms with E-state index >= 15 is 0 Å². The largest absolute Gasteiger partial charge is 0.543 e. The van der Waals surface area contributed by atoms with Gasteiger partial charge in [0.2, 0.25) is 5.91 Å². The van der Waals surface area contributed by atoms with Crippen molar-refractivity contribution in [1.29, 1.82) is 0 Å². The molecule has 3 aromatic rings. The highest BCUT2D eigenvalue weighted by molar-refractivity contribution is 6.02. The molecule has 0 saturated heterocycles. The Morgan fingerprint density at radius 3 is 2.40 bits per heavy atom. The molecule has 1 N–H and O–H groups in total. The molecule has 1 aromatic heterocycles. The fourth-order valence-corrected chi connectivity index (χ4v) is 3.10. The van der Waals surface area contributed by atoms with E-state index in [1.807, 2.05) is 48.5 Å². The fourth-order valence-electron chi connectivity index (χ4n) is 3.10. The van der Waals surface area contributed by atoms with Crippen molar-refractivity contribution in [3.63, 3.8) is 0 Å². The number of fused-ring (bicyclic) bond motifs is 1. The van der Waals surface area contributed by atoms with Gasteiger partial charge in [-0.2, -0.15) is 0 Å². The second-order valence-corrected chi connectivity index (χ2v) is 5.97. The van der Waals surface area contributed by atoms with Gasteiger partial charge in [-0.05, 0) is 35.7 Å². The predicted octanol–water partition coefficient (Wildman–Crippen LogP) is 2.29. The van der Waals surface area contributed by atoms with Crippen LogP contribution in [0.25, 0.3) is 10.9 Å². The number of hydrogen-bond donors (Lipinski definition) is 1. The van der Waals surface area contributed by atoms with Crippen LogP contribution < -0.4 is 10.4 Å². The van der Waals surface area contributed by atoms with Crippen molar-refractivity contribution in [3.8, 4) is 0 Å². The Labute approximate surface area is 145 Å². The van der Waals surface area contributed by atoms with Crippen molar-refractivity contribution in [2.45, 2.75) is 19.8 Å². The number of para-hydroxylation sites is 1. The molecule has 0 spiro atoms. The quantitative estimate of drug-likeness (QED) is 0.777. The summed E-state index contributed by atoms with van der Waals surface area (Å²) in [5.74, 6) is -1.54. The summed E-state index contributed by atoms with van der Waals surface area (Å²) in [7, 11) is 1.67. The summed E-state index contributed by atoms with van der Waals surface area (Å²) < 4.78 is 1.56. The third kappa shape index (κ3) is 3.26. The van der Waals surface area contributed by atoms with Crippen LogP contribution in [0.15, 0.2) is 48.5 Å². The first-order chi connectivity index (χ1) is 12.0. The Hall–Kier alpha value is -3.08. The van der Waals surface area contributed by atoms with Gasteiger partial charge in [0.15, 0.2) is 0 Å². The van der Waals surface area contributed by atoms with Gasteiger partial charge < -0.3 is 19.8 Å². The summed E-state index contributed by atoms with van der Waals surface area (Å²) in [6, 6.07) is 14.9. The van der Waals surface area contributed by atoms with E-state index in [0.29, 0.717) is 11.3 Å². The van der Waals surface area contributed by atoms with Crippen molar-refractivity contribution in [2.24, 2.45) is 7.05 Å². The fraction of sp³-hybridized carbons (Fsp3) is 0.200. The van der Waals surface area contributed by atoms with Crippen molar-refractivity contribution < 1.29 is 14.7 Å². The molecule has 0 aliphatic rings. The number of amides is 1. The van der Waals surface area contributed by atoms with Crippen LogP contribution in [0.4, 0.5) is 5.69 Å². The molecule has 0 bridgehead atoms. The number of rotatable bonds is 5.